The van der Waals surface area contributed by atoms with Crippen LogP contribution in [0.4, 0.5) is 0 Å². The molecule has 1 fully saturated rings. The average Bonchev–Trinajstić information content (AvgIpc) is 3.42. The van der Waals surface area contributed by atoms with Crippen molar-refractivity contribution in [2.24, 2.45) is 0 Å². The van der Waals surface area contributed by atoms with Gasteiger partial charge in [-0.15, -0.1) is 0 Å². The highest BCUT2D eigenvalue weighted by Gasteiger charge is 2.53. The second-order valence-corrected chi connectivity index (χ2v) is 13.0. The molecule has 1 amide bonds. The second kappa shape index (κ2) is 29.7. The average molecular weight is 778 g/mol. The van der Waals surface area contributed by atoms with E-state index in [0.29, 0.717) is 32.1 Å². The molecule has 17 heteroatoms. The van der Waals surface area contributed by atoms with E-state index in [1.807, 2.05) is 62.3 Å². The lowest BCUT2D eigenvalue weighted by atomic mass is 10.0. The minimum absolute atomic E-state index is 0.0192. The van der Waals surface area contributed by atoms with E-state index in [1.54, 1.807) is 0 Å². The first-order valence-electron chi connectivity index (χ1n) is 18.5. The third-order valence-electron chi connectivity index (χ3n) is 8.09. The Balaban J connectivity index is -0.000000751. The molecule has 1 aliphatic rings. The maximum absolute atomic E-state index is 11.8. The summed E-state index contributed by atoms with van der Waals surface area (Å²) >= 11 is 0. The molecule has 1 saturated heterocycles. The molecule has 7 atom stereocenters. The van der Waals surface area contributed by atoms with Gasteiger partial charge in [0.2, 0.25) is 17.5 Å². The number of carbonyl (C=O) groups is 2. The Morgan fingerprint density at radius 2 is 1.32 bits per heavy atom. The van der Waals surface area contributed by atoms with Gasteiger partial charge in [-0.2, -0.15) is 0 Å². The number of hydrogen-bond acceptors (Lipinski definition) is 16. The van der Waals surface area contributed by atoms with Crippen LogP contribution in [0.2, 0.25) is 0 Å². The molecule has 0 saturated carbocycles. The van der Waals surface area contributed by atoms with Crippen LogP contribution in [0.1, 0.15) is 107 Å². The summed E-state index contributed by atoms with van der Waals surface area (Å²) in [6.07, 6.45) is -0.390. The van der Waals surface area contributed by atoms with Gasteiger partial charge in [0, 0.05) is 46.1 Å². The molecule has 0 spiro atoms. The van der Waals surface area contributed by atoms with Crippen molar-refractivity contribution in [2.45, 2.75) is 161 Å². The molecule has 0 unspecified atom stereocenters. The molecular weight excluding hydrogens is 702 g/mol. The van der Waals surface area contributed by atoms with Crippen LogP contribution in [0, 0.1) is 0 Å². The minimum Gasteiger partial charge on any atom is -0.463 e. The van der Waals surface area contributed by atoms with Crippen molar-refractivity contribution < 1.29 is 78.5 Å². The Morgan fingerprint density at radius 3 is 1.64 bits per heavy atom. The molecule has 8 N–H and O–H groups in total. The molecule has 1 heterocycles. The lowest BCUT2D eigenvalue weighted by Gasteiger charge is -2.32. The Labute approximate surface area is 317 Å². The van der Waals surface area contributed by atoms with Crippen LogP contribution in [0.5, 0.6) is 0 Å². The Morgan fingerprint density at radius 1 is 0.811 bits per heavy atom. The molecule has 320 valence electrons. The smallest absolute Gasteiger partial charge is 0.305 e. The van der Waals surface area contributed by atoms with Gasteiger partial charge < -0.3 is 74.2 Å². The summed E-state index contributed by atoms with van der Waals surface area (Å²) in [5, 5.41) is 67.4. The molecule has 0 aromatic carbocycles. The van der Waals surface area contributed by atoms with Crippen molar-refractivity contribution in [1.82, 2.24) is 5.32 Å². The van der Waals surface area contributed by atoms with Crippen molar-refractivity contribution in [3.8, 4) is 0 Å². The largest absolute Gasteiger partial charge is 0.463 e. The molecule has 53 heavy (non-hydrogen) atoms. The SMILES string of the molecule is CC.CC[C@H](CO)O[C@](CC)(CO)OC.CC[C@H](COC(=O)CCCC(=O)NC(C)(C)C)OC(CO)(CO)OC.CC[C@H]1O[C@@](CO)(OC)[C@@H](O)[C@H]1O. The molecule has 0 aromatic heterocycles. The monoisotopic (exact) mass is 778 g/mol. The number of methoxy groups -OCH3 is 3. The highest BCUT2D eigenvalue weighted by Crippen LogP contribution is 2.33. The fraction of sp³-hybridized carbons (Fsp3) is 0.944. The Kier molecular flexibility index (Phi) is 31.2. The van der Waals surface area contributed by atoms with E-state index in [9.17, 15) is 30.0 Å². The van der Waals surface area contributed by atoms with Crippen molar-refractivity contribution in [3.05, 3.63) is 0 Å². The first kappa shape index (κ1) is 55.8. The summed E-state index contributed by atoms with van der Waals surface area (Å²) in [6.45, 7) is 15.3. The number of aliphatic hydroxyl groups excluding tert-OH is 7. The number of hydrogen-bond donors (Lipinski definition) is 8. The Hall–Kier alpha value is -1.58. The zero-order valence-electron chi connectivity index (χ0n) is 34.4. The van der Waals surface area contributed by atoms with E-state index in [4.69, 9.17) is 48.5 Å². The maximum Gasteiger partial charge on any atom is 0.305 e. The minimum atomic E-state index is -1.52. The van der Waals surface area contributed by atoms with Gasteiger partial charge in [0.05, 0.1) is 44.7 Å². The summed E-state index contributed by atoms with van der Waals surface area (Å²) in [6, 6.07) is 0. The quantitative estimate of drug-likeness (QED) is 0.0567. The summed E-state index contributed by atoms with van der Waals surface area (Å²) in [4.78, 5) is 23.4. The number of amides is 1. The summed E-state index contributed by atoms with van der Waals surface area (Å²) in [5.41, 5.74) is -0.295. The van der Waals surface area contributed by atoms with Gasteiger partial charge in [-0.1, -0.05) is 41.5 Å². The zero-order chi connectivity index (χ0) is 41.9. The van der Waals surface area contributed by atoms with Crippen LogP contribution in [0.25, 0.3) is 0 Å². The fourth-order valence-electron chi connectivity index (χ4n) is 4.56. The highest BCUT2D eigenvalue weighted by atomic mass is 16.7. The molecule has 0 radical (unpaired) electrons. The summed E-state index contributed by atoms with van der Waals surface area (Å²) < 4.78 is 36.3. The van der Waals surface area contributed by atoms with Crippen molar-refractivity contribution in [2.75, 3.05) is 61.0 Å². The van der Waals surface area contributed by atoms with Crippen molar-refractivity contribution in [3.63, 3.8) is 0 Å². The molecular formula is C36H75NO16. The van der Waals surface area contributed by atoms with Crippen LogP contribution in [-0.4, -0.2) is 162 Å². The molecule has 1 aliphatic heterocycles. The number of aliphatic hydroxyl groups is 7. The Bertz CT molecular complexity index is 886. The molecule has 1 rings (SSSR count). The van der Waals surface area contributed by atoms with Crippen LogP contribution in [-0.2, 0) is 42.7 Å². The van der Waals surface area contributed by atoms with E-state index in [2.05, 4.69) is 5.32 Å². The van der Waals surface area contributed by atoms with Crippen LogP contribution >= 0.6 is 0 Å². The number of esters is 1. The van der Waals surface area contributed by atoms with Gasteiger partial charge in [-0.3, -0.25) is 9.59 Å². The number of rotatable bonds is 22. The zero-order valence-corrected chi connectivity index (χ0v) is 34.4. The third-order valence-corrected chi connectivity index (χ3v) is 8.09. The first-order chi connectivity index (χ1) is 24.9. The molecule has 17 nitrogen and oxygen atoms in total. The maximum atomic E-state index is 11.8. The fourth-order valence-corrected chi connectivity index (χ4v) is 4.56. The standard InChI is InChI=1S/C17H33NO7.C9H20O4.C8H16O5.C2H6/c1-6-13(25-17(11-19,12-20)23-5)10-24-15(22)9-7-8-14(21)18-16(2,3)4;1-4-8(6-10)13-9(5-2,7-11)12-3;1-3-5-6(10)7(11)8(4-9,12-2)13-5;1-2/h13,19-20H,6-12H2,1-5H3,(H,18,21);8,10-11H,4-7H2,1-3H3;5-7,9-11H,3-4H2,1-2H3;1-2H3/t13-;8-,9-;5-,6+,7+,8-;/m111./s1. The summed E-state index contributed by atoms with van der Waals surface area (Å²) in [5.74, 6) is -4.46. The van der Waals surface area contributed by atoms with Gasteiger partial charge in [0.15, 0.2) is 5.79 Å². The van der Waals surface area contributed by atoms with Gasteiger partial charge in [0.25, 0.3) is 0 Å². The van der Waals surface area contributed by atoms with Crippen LogP contribution < -0.4 is 5.32 Å². The van der Waals surface area contributed by atoms with Gasteiger partial charge in [0.1, 0.15) is 25.4 Å². The van der Waals surface area contributed by atoms with E-state index >= 15 is 0 Å². The van der Waals surface area contributed by atoms with Crippen LogP contribution in [0.15, 0.2) is 0 Å². The normalized spacial score (nSPS) is 22.1. The van der Waals surface area contributed by atoms with E-state index in [0.717, 1.165) is 0 Å². The molecule has 0 aromatic rings. The topological polar surface area (TPSA) is 252 Å². The van der Waals surface area contributed by atoms with Gasteiger partial charge in [-0.05, 0) is 46.5 Å². The van der Waals surface area contributed by atoms with Gasteiger partial charge in [-0.25, -0.2) is 0 Å². The predicted molar refractivity (Wildman–Crippen MR) is 196 cm³/mol. The first-order valence-corrected chi connectivity index (χ1v) is 18.5. The van der Waals surface area contributed by atoms with E-state index in [1.165, 1.54) is 21.3 Å². The summed E-state index contributed by atoms with van der Waals surface area (Å²) in [7, 11) is 4.13. The van der Waals surface area contributed by atoms with E-state index in [-0.39, 0.29) is 50.2 Å². The van der Waals surface area contributed by atoms with Gasteiger partial charge >= 0.3 is 5.97 Å². The van der Waals surface area contributed by atoms with E-state index < -0.39 is 67.6 Å². The van der Waals surface area contributed by atoms with Crippen LogP contribution in [0.3, 0.4) is 0 Å². The highest BCUT2D eigenvalue weighted by molar-refractivity contribution is 5.77. The molecule has 0 aliphatic carbocycles. The number of carbonyl (C=O) groups excluding carboxylic acids is 2. The third kappa shape index (κ3) is 20.8. The second-order valence-electron chi connectivity index (χ2n) is 13.0. The molecule has 0 bridgehead atoms. The lowest BCUT2D eigenvalue weighted by molar-refractivity contribution is -0.282. The lowest BCUT2D eigenvalue weighted by Crippen LogP contribution is -2.47. The number of nitrogens with one attached hydrogen (secondary N) is 1. The predicted octanol–water partition coefficient (Wildman–Crippen LogP) is 1.13. The van der Waals surface area contributed by atoms with Crippen molar-refractivity contribution in [1.29, 1.82) is 0 Å². The van der Waals surface area contributed by atoms with Crippen molar-refractivity contribution >= 4 is 11.9 Å². The number of ether oxygens (including phenoxy) is 7.